The number of carbonyl (C=O) groups excluding carboxylic acids is 1. The van der Waals surface area contributed by atoms with Gasteiger partial charge in [0.05, 0.1) is 12.4 Å². The molecule has 0 radical (unpaired) electrons. The minimum absolute atomic E-state index is 0.0157. The number of benzene rings is 1. The Labute approximate surface area is 224 Å². The lowest BCUT2D eigenvalue weighted by Gasteiger charge is -2.32. The number of nitrogens with zero attached hydrogens (tertiary/aromatic N) is 5. The molecule has 35 heavy (non-hydrogen) atoms. The van der Waals surface area contributed by atoms with Crippen molar-refractivity contribution in [1.29, 1.82) is 0 Å². The third kappa shape index (κ3) is 5.09. The van der Waals surface area contributed by atoms with Gasteiger partial charge in [0.15, 0.2) is 17.0 Å². The number of nitrogens with one attached hydrogen (secondary N) is 1. The number of aliphatic hydroxyl groups is 3. The average Bonchev–Trinajstić information content (AvgIpc) is 3.38. The summed E-state index contributed by atoms with van der Waals surface area (Å²) in [5.74, 6) is 0.211. The molecule has 3 aromatic rings. The molecule has 0 bridgehead atoms. The largest absolute Gasteiger partial charge is 0.393 e. The second-order valence-electron chi connectivity index (χ2n) is 8.63. The molecule has 4 N–H and O–H groups in total. The highest BCUT2D eigenvalue weighted by molar-refractivity contribution is 14.1. The molecular weight excluding hydrogens is 607 g/mol. The van der Waals surface area contributed by atoms with E-state index in [2.05, 4.69) is 48.9 Å². The third-order valence-electron chi connectivity index (χ3n) is 6.28. The van der Waals surface area contributed by atoms with Gasteiger partial charge in [-0.05, 0) is 64.7 Å². The summed E-state index contributed by atoms with van der Waals surface area (Å²) < 4.78 is 2.75. The van der Waals surface area contributed by atoms with E-state index < -0.39 is 28.9 Å². The van der Waals surface area contributed by atoms with Crippen molar-refractivity contribution in [2.75, 3.05) is 18.4 Å². The van der Waals surface area contributed by atoms with E-state index in [0.29, 0.717) is 49.5 Å². The molecule has 0 unspecified atom stereocenters. The zero-order valence-corrected chi connectivity index (χ0v) is 22.2. The van der Waals surface area contributed by atoms with Gasteiger partial charge in [0, 0.05) is 23.2 Å². The molecule has 0 aliphatic carbocycles. The van der Waals surface area contributed by atoms with Crippen molar-refractivity contribution in [3.05, 3.63) is 45.0 Å². The van der Waals surface area contributed by atoms with Gasteiger partial charge in [-0.2, -0.15) is 9.97 Å². The van der Waals surface area contributed by atoms with Crippen molar-refractivity contribution < 1.29 is 20.1 Å². The number of hydrogen-bond acceptors (Lipinski definition) is 9. The molecule has 0 spiro atoms. The molecule has 2 aliphatic rings. The van der Waals surface area contributed by atoms with Crippen LogP contribution in [0.2, 0.25) is 5.28 Å². The maximum atomic E-state index is 13.1. The number of halogens is 2. The molecule has 5 rings (SSSR count). The van der Waals surface area contributed by atoms with Crippen molar-refractivity contribution in [2.45, 2.75) is 48.3 Å². The molecule has 4 heterocycles. The first-order chi connectivity index (χ1) is 16.8. The van der Waals surface area contributed by atoms with Crippen LogP contribution in [0.5, 0.6) is 0 Å². The van der Waals surface area contributed by atoms with Crippen LogP contribution in [0, 0.1) is 3.57 Å². The summed E-state index contributed by atoms with van der Waals surface area (Å²) in [6, 6.07) is 8.04. The number of carbonyl (C=O) groups is 1. The van der Waals surface area contributed by atoms with E-state index in [1.165, 1.54) is 18.1 Å². The summed E-state index contributed by atoms with van der Waals surface area (Å²) in [4.78, 5) is 27.8. The van der Waals surface area contributed by atoms with Gasteiger partial charge in [-0.3, -0.25) is 9.36 Å². The van der Waals surface area contributed by atoms with E-state index in [1.54, 1.807) is 9.47 Å². The standard InChI is InChI=1S/C22H24ClIN6O4S/c23-22-27-18(25-9-11-2-1-3-12(24)8-11)14-19(28-22)30(10-26-14)21-16(33)15(32)17(35-21)20(34)29-6-4-13(31)5-7-29/h1-3,8,10,13,15-17,21,31-33H,4-7,9H2,(H,25,27,28)/t15-,16+,17-,21+/m0/s1. The molecule has 2 saturated heterocycles. The van der Waals surface area contributed by atoms with Crippen LogP contribution in [0.4, 0.5) is 5.82 Å². The molecule has 13 heteroatoms. The molecule has 10 nitrogen and oxygen atoms in total. The lowest BCUT2D eigenvalue weighted by molar-refractivity contribution is -0.135. The Hall–Kier alpha value is -1.71. The summed E-state index contributed by atoms with van der Waals surface area (Å²) >= 11 is 9.64. The molecule has 2 aliphatic heterocycles. The lowest BCUT2D eigenvalue weighted by Crippen LogP contribution is -2.47. The normalized spacial score (nSPS) is 25.3. The van der Waals surface area contributed by atoms with Gasteiger partial charge >= 0.3 is 0 Å². The molecule has 186 valence electrons. The number of hydrogen-bond donors (Lipinski definition) is 4. The number of fused-ring (bicyclic) bond motifs is 1. The number of rotatable bonds is 5. The maximum Gasteiger partial charge on any atom is 0.238 e. The number of imidazole rings is 1. The van der Waals surface area contributed by atoms with Crippen molar-refractivity contribution in [2.24, 2.45) is 0 Å². The Kier molecular flexibility index (Phi) is 7.38. The first-order valence-electron chi connectivity index (χ1n) is 11.2. The topological polar surface area (TPSA) is 137 Å². The molecule has 1 amide bonds. The van der Waals surface area contributed by atoms with Crippen LogP contribution >= 0.6 is 46.0 Å². The van der Waals surface area contributed by atoms with E-state index >= 15 is 0 Å². The van der Waals surface area contributed by atoms with Crippen LogP contribution in [0.1, 0.15) is 23.8 Å². The fraction of sp³-hybridized carbons (Fsp3) is 0.455. The fourth-order valence-electron chi connectivity index (χ4n) is 4.39. The van der Waals surface area contributed by atoms with Crippen LogP contribution in [0.15, 0.2) is 30.6 Å². The van der Waals surface area contributed by atoms with Gasteiger partial charge in [-0.1, -0.05) is 12.1 Å². The van der Waals surface area contributed by atoms with Crippen molar-refractivity contribution in [3.8, 4) is 0 Å². The number of amides is 1. The lowest BCUT2D eigenvalue weighted by atomic mass is 10.1. The summed E-state index contributed by atoms with van der Waals surface area (Å²) in [7, 11) is 0. The number of thioether (sulfide) groups is 1. The predicted octanol–water partition coefficient (Wildman–Crippen LogP) is 2.02. The number of piperidine rings is 1. The Morgan fingerprint density at radius 1 is 1.20 bits per heavy atom. The van der Waals surface area contributed by atoms with Crippen LogP contribution in [-0.2, 0) is 11.3 Å². The Morgan fingerprint density at radius 3 is 2.71 bits per heavy atom. The molecule has 2 fully saturated rings. The number of anilines is 1. The summed E-state index contributed by atoms with van der Waals surface area (Å²) in [5.41, 5.74) is 1.94. The van der Waals surface area contributed by atoms with E-state index in [9.17, 15) is 20.1 Å². The highest BCUT2D eigenvalue weighted by Gasteiger charge is 2.48. The van der Waals surface area contributed by atoms with E-state index in [4.69, 9.17) is 11.6 Å². The van der Waals surface area contributed by atoms with E-state index in [-0.39, 0.29) is 11.2 Å². The monoisotopic (exact) mass is 630 g/mol. The molecule has 1 aromatic carbocycles. The van der Waals surface area contributed by atoms with Gasteiger partial charge < -0.3 is 25.5 Å². The molecule has 4 atom stereocenters. The van der Waals surface area contributed by atoms with Gasteiger partial charge in [-0.25, -0.2) is 4.98 Å². The van der Waals surface area contributed by atoms with Gasteiger partial charge in [-0.15, -0.1) is 11.8 Å². The quantitative estimate of drug-likeness (QED) is 0.247. The number of aromatic nitrogens is 4. The first kappa shape index (κ1) is 25.0. The van der Waals surface area contributed by atoms with Crippen LogP contribution in [0.25, 0.3) is 11.2 Å². The van der Waals surface area contributed by atoms with Crippen LogP contribution < -0.4 is 5.32 Å². The number of aliphatic hydroxyl groups excluding tert-OH is 3. The third-order valence-corrected chi connectivity index (χ3v) is 8.67. The van der Waals surface area contributed by atoms with E-state index in [0.717, 1.165) is 9.13 Å². The van der Waals surface area contributed by atoms with Gasteiger partial charge in [0.2, 0.25) is 11.2 Å². The smallest absolute Gasteiger partial charge is 0.238 e. The van der Waals surface area contributed by atoms with Crippen LogP contribution in [-0.4, -0.2) is 82.3 Å². The highest BCUT2D eigenvalue weighted by Crippen LogP contribution is 2.44. The minimum atomic E-state index is -1.25. The summed E-state index contributed by atoms with van der Waals surface area (Å²) in [6.07, 6.45) is -0.344. The van der Waals surface area contributed by atoms with Crippen molar-refractivity contribution in [1.82, 2.24) is 24.4 Å². The minimum Gasteiger partial charge on any atom is -0.393 e. The Bertz CT molecular complexity index is 1240. The average molecular weight is 631 g/mol. The SMILES string of the molecule is O=C([C@H]1S[C@@H](n2cnc3c(NCc4cccc(I)c4)nc(Cl)nc32)[C@H](O)[C@@H]1O)N1CCC(O)CC1. The highest BCUT2D eigenvalue weighted by atomic mass is 127. The molecule has 2 aromatic heterocycles. The first-order valence-corrected chi connectivity index (χ1v) is 13.6. The summed E-state index contributed by atoms with van der Waals surface area (Å²) in [5, 5.41) is 33.0. The van der Waals surface area contributed by atoms with Crippen molar-refractivity contribution in [3.63, 3.8) is 0 Å². The number of likely N-dealkylation sites (tertiary alicyclic amines) is 1. The Balaban J connectivity index is 1.38. The Morgan fingerprint density at radius 2 is 1.97 bits per heavy atom. The van der Waals surface area contributed by atoms with Gasteiger partial charge in [0.25, 0.3) is 0 Å². The second kappa shape index (κ2) is 10.3. The van der Waals surface area contributed by atoms with E-state index in [1.807, 2.05) is 18.2 Å². The van der Waals surface area contributed by atoms with Crippen LogP contribution in [0.3, 0.4) is 0 Å². The predicted molar refractivity (Wildman–Crippen MR) is 141 cm³/mol. The molecular formula is C22H24ClIN6O4S. The second-order valence-corrected chi connectivity index (χ2v) is 11.5. The summed E-state index contributed by atoms with van der Waals surface area (Å²) in [6.45, 7) is 1.36. The zero-order valence-electron chi connectivity index (χ0n) is 18.5. The molecule has 0 saturated carbocycles. The van der Waals surface area contributed by atoms with Crippen molar-refractivity contribution >= 4 is 68.8 Å². The zero-order chi connectivity index (χ0) is 24.7. The fourth-order valence-corrected chi connectivity index (χ4v) is 6.66. The van der Waals surface area contributed by atoms with Gasteiger partial charge in [0.1, 0.15) is 22.8 Å². The maximum absolute atomic E-state index is 13.1.